The van der Waals surface area contributed by atoms with Gasteiger partial charge in [0.15, 0.2) is 34.8 Å². The number of hydrogen-bond donors (Lipinski definition) is 0. The molecule has 1 aromatic carbocycles. The van der Waals surface area contributed by atoms with Gasteiger partial charge in [0.25, 0.3) is 0 Å². The predicted molar refractivity (Wildman–Crippen MR) is 240 cm³/mol. The van der Waals surface area contributed by atoms with Crippen LogP contribution in [-0.2, 0) is 37.3 Å². The van der Waals surface area contributed by atoms with Crippen LogP contribution in [0.15, 0.2) is 47.4 Å². The van der Waals surface area contributed by atoms with Gasteiger partial charge in [0.05, 0.1) is 53.9 Å². The van der Waals surface area contributed by atoms with Crippen LogP contribution >= 0.6 is 0 Å². The highest BCUT2D eigenvalue weighted by atomic mass is 32.2. The number of benzene rings is 1. The monoisotopic (exact) mass is 855 g/mol. The Hall–Kier alpha value is -0.679. The van der Waals surface area contributed by atoms with Crippen LogP contribution < -0.4 is 0 Å². The molecule has 2 heterocycles. The van der Waals surface area contributed by atoms with Crippen LogP contribution in [0.1, 0.15) is 101 Å². The Morgan fingerprint density at radius 1 is 0.875 bits per heavy atom. The average molecular weight is 855 g/mol. The van der Waals surface area contributed by atoms with Crippen molar-refractivity contribution in [1.82, 2.24) is 0 Å². The van der Waals surface area contributed by atoms with Gasteiger partial charge in [-0.3, -0.25) is 0 Å². The number of sulfone groups is 1. The van der Waals surface area contributed by atoms with Crippen molar-refractivity contribution in [2.75, 3.05) is 26.1 Å². The van der Waals surface area contributed by atoms with E-state index in [9.17, 15) is 8.42 Å². The molecule has 3 rings (SSSR count). The van der Waals surface area contributed by atoms with E-state index in [0.29, 0.717) is 24.3 Å². The molecule has 2 fully saturated rings. The highest BCUT2D eigenvalue weighted by Gasteiger charge is 2.50. The molecule has 0 aliphatic carbocycles. The van der Waals surface area contributed by atoms with Crippen LogP contribution in [0.4, 0.5) is 0 Å². The molecule has 2 aliphatic rings. The molecule has 2 saturated heterocycles. The largest absolute Gasteiger partial charge is 0.417 e. The van der Waals surface area contributed by atoms with Gasteiger partial charge in [-0.1, -0.05) is 94.0 Å². The van der Waals surface area contributed by atoms with Gasteiger partial charge < -0.3 is 27.5 Å². The van der Waals surface area contributed by atoms with Crippen LogP contribution in [-0.4, -0.2) is 96.1 Å². The van der Waals surface area contributed by atoms with E-state index in [1.54, 1.807) is 31.4 Å². The van der Waals surface area contributed by atoms with Crippen LogP contribution in [0.5, 0.6) is 0 Å². The molecule has 2 aliphatic heterocycles. The summed E-state index contributed by atoms with van der Waals surface area (Å²) in [5.41, 5.74) is 1.06. The average Bonchev–Trinajstić information content (AvgIpc) is 3.42. The number of rotatable bonds is 21. The summed E-state index contributed by atoms with van der Waals surface area (Å²) in [5.74, 6) is -0.217. The summed E-state index contributed by atoms with van der Waals surface area (Å²) in [6.07, 6.45) is 2.22. The van der Waals surface area contributed by atoms with E-state index >= 15 is 0 Å². The van der Waals surface area contributed by atoms with Crippen molar-refractivity contribution < 1.29 is 35.9 Å². The summed E-state index contributed by atoms with van der Waals surface area (Å²) in [5, 5.41) is 0.0477. The van der Waals surface area contributed by atoms with Gasteiger partial charge in [-0.05, 0) is 97.3 Å². The Morgan fingerprint density at radius 3 is 2.00 bits per heavy atom. The molecule has 0 saturated carbocycles. The maximum Gasteiger partial charge on any atom is 0.192 e. The molecule has 324 valence electrons. The Kier molecular flexibility index (Phi) is 18.0. The number of hydrogen-bond acceptors (Lipinski definition) is 8. The second kappa shape index (κ2) is 20.3. The first-order valence-electron chi connectivity index (χ1n) is 21.6. The highest BCUT2D eigenvalue weighted by Crippen LogP contribution is 2.43. The fraction of sp³-hybridized carbons (Fsp3) is 0.818. The summed E-state index contributed by atoms with van der Waals surface area (Å²) >= 11 is 0. The van der Waals surface area contributed by atoms with Crippen molar-refractivity contribution in [3.8, 4) is 0 Å². The SMILES string of the molecule is C=C1C(C[C@@H]2O[C@H](CC(CO[Si](C)(C)C(C)(C)C)O[Si](C)(C)C(C)(C)C)[C@H](OC)C2CS(=O)(=O)c2ccccc2)O[C@@H](CCCO[Si](CC)(CC)CC)C[C@H]1C. The van der Waals surface area contributed by atoms with E-state index in [1.807, 2.05) is 6.07 Å². The summed E-state index contributed by atoms with van der Waals surface area (Å²) in [6.45, 7) is 37.4. The molecule has 0 bridgehead atoms. The van der Waals surface area contributed by atoms with Crippen LogP contribution in [0, 0.1) is 11.8 Å². The third kappa shape index (κ3) is 12.9. The van der Waals surface area contributed by atoms with Gasteiger partial charge in [-0.2, -0.15) is 0 Å². The van der Waals surface area contributed by atoms with E-state index in [-0.39, 0.29) is 46.2 Å². The summed E-state index contributed by atoms with van der Waals surface area (Å²) in [7, 11) is -7.92. The van der Waals surface area contributed by atoms with Crippen LogP contribution in [0.25, 0.3) is 0 Å². The second-order valence-electron chi connectivity index (χ2n) is 19.9. The zero-order chi connectivity index (χ0) is 42.3. The molecule has 8 nitrogen and oxygen atoms in total. The zero-order valence-corrected chi connectivity index (χ0v) is 42.0. The fourth-order valence-corrected chi connectivity index (χ4v) is 14.6. The summed E-state index contributed by atoms with van der Waals surface area (Å²) in [6, 6.07) is 12.2. The molecule has 1 aromatic rings. The van der Waals surface area contributed by atoms with Crippen molar-refractivity contribution in [3.05, 3.63) is 42.5 Å². The molecular weight excluding hydrogens is 773 g/mol. The lowest BCUT2D eigenvalue weighted by molar-refractivity contribution is -0.0759. The predicted octanol–water partition coefficient (Wildman–Crippen LogP) is 11.2. The quantitative estimate of drug-likeness (QED) is 0.0686. The van der Waals surface area contributed by atoms with E-state index in [0.717, 1.165) is 49.6 Å². The van der Waals surface area contributed by atoms with Gasteiger partial charge in [0.1, 0.15) is 0 Å². The minimum atomic E-state index is -3.65. The standard InChI is InChI=1S/C44H82O8SSi3/c1-17-56(18-2,19-3)48-27-23-24-35-28-33(4)34(5)39(50-35)30-40-38(32-53(45,46)37-25-21-20-22-26-37)42(47-12)41(51-40)29-36(52-55(15,16)44(9,10)11)31-49-54(13,14)43(6,7)8/h20-22,25-26,33,35-36,38-42H,5,17-19,23-24,27-32H2,1-4,6-16H3/t33-,35+,36?,38?,39?,40+,41-,42-/m1/s1. The van der Waals surface area contributed by atoms with Crippen molar-refractivity contribution in [2.24, 2.45) is 11.8 Å². The summed E-state index contributed by atoms with van der Waals surface area (Å²) in [4.78, 5) is 0.314. The number of ether oxygens (including phenoxy) is 3. The highest BCUT2D eigenvalue weighted by molar-refractivity contribution is 7.91. The molecule has 56 heavy (non-hydrogen) atoms. The van der Waals surface area contributed by atoms with Crippen molar-refractivity contribution in [3.63, 3.8) is 0 Å². The van der Waals surface area contributed by atoms with Crippen LogP contribution in [0.2, 0.25) is 54.4 Å². The van der Waals surface area contributed by atoms with E-state index in [4.69, 9.17) is 27.5 Å². The molecule has 0 amide bonds. The number of methoxy groups -OCH3 is 1. The smallest absolute Gasteiger partial charge is 0.192 e. The molecule has 0 radical (unpaired) electrons. The lowest BCUT2D eigenvalue weighted by Gasteiger charge is -2.42. The third-order valence-corrected chi connectivity index (χ3v) is 29.6. The van der Waals surface area contributed by atoms with Gasteiger partial charge in [0.2, 0.25) is 0 Å². The van der Waals surface area contributed by atoms with Crippen LogP contribution in [0.3, 0.4) is 0 Å². The van der Waals surface area contributed by atoms with Gasteiger partial charge >= 0.3 is 0 Å². The molecule has 0 aromatic heterocycles. The first-order valence-corrected chi connectivity index (χ1v) is 31.6. The Balaban J connectivity index is 1.92. The molecule has 0 spiro atoms. The zero-order valence-electron chi connectivity index (χ0n) is 38.2. The third-order valence-electron chi connectivity index (χ3n) is 14.1. The Bertz CT molecular complexity index is 1460. The molecule has 8 atom stereocenters. The lowest BCUT2D eigenvalue weighted by Crippen LogP contribution is -2.49. The second-order valence-corrected chi connectivity index (χ2v) is 36.3. The van der Waals surface area contributed by atoms with Crippen molar-refractivity contribution in [2.45, 2.75) is 197 Å². The fourth-order valence-electron chi connectivity index (χ4n) is 7.83. The van der Waals surface area contributed by atoms with E-state index in [2.05, 4.69) is 102 Å². The lowest BCUT2D eigenvalue weighted by atomic mass is 9.83. The molecule has 12 heteroatoms. The van der Waals surface area contributed by atoms with Gasteiger partial charge in [-0.15, -0.1) is 0 Å². The maximum atomic E-state index is 14.1. The van der Waals surface area contributed by atoms with Crippen molar-refractivity contribution >= 4 is 34.8 Å². The topological polar surface area (TPSA) is 89.5 Å². The van der Waals surface area contributed by atoms with Gasteiger partial charge in [-0.25, -0.2) is 8.42 Å². The molecular formula is C44H82O8SSi3. The normalized spacial score (nSPS) is 26.5. The molecule has 0 N–H and O–H groups in total. The van der Waals surface area contributed by atoms with E-state index in [1.165, 1.54) is 0 Å². The maximum absolute atomic E-state index is 14.1. The minimum absolute atomic E-state index is 0.000640. The first-order chi connectivity index (χ1) is 25.9. The Labute approximate surface area is 346 Å². The van der Waals surface area contributed by atoms with Crippen molar-refractivity contribution in [1.29, 1.82) is 0 Å². The van der Waals surface area contributed by atoms with E-state index < -0.39 is 52.9 Å². The minimum Gasteiger partial charge on any atom is -0.417 e. The summed E-state index contributed by atoms with van der Waals surface area (Å²) < 4.78 is 68.9. The molecule has 3 unspecified atom stereocenters. The first kappa shape index (κ1) is 49.7. The van der Waals surface area contributed by atoms with Gasteiger partial charge in [0, 0.05) is 32.5 Å². The Morgan fingerprint density at radius 2 is 1.46 bits per heavy atom.